The van der Waals surface area contributed by atoms with E-state index >= 15 is 0 Å². The van der Waals surface area contributed by atoms with Crippen LogP contribution in [0.1, 0.15) is 77.0 Å². The molecular formula is C18H42O6. The van der Waals surface area contributed by atoms with Gasteiger partial charge >= 0.3 is 0 Å². The van der Waals surface area contributed by atoms with Crippen molar-refractivity contribution in [3.63, 3.8) is 0 Å². The summed E-state index contributed by atoms with van der Waals surface area (Å²) in [5.41, 5.74) is 0. The normalized spacial score (nSPS) is 9.75. The molecule has 24 heavy (non-hydrogen) atoms. The van der Waals surface area contributed by atoms with Gasteiger partial charge < -0.3 is 30.6 Å². The molecular weight excluding hydrogens is 312 g/mol. The molecule has 0 fully saturated rings. The summed E-state index contributed by atoms with van der Waals surface area (Å²) in [6.45, 7) is 1.68. The minimum Gasteiger partial charge on any atom is -0.396 e. The molecule has 0 aromatic carbocycles. The van der Waals surface area contributed by atoms with Gasteiger partial charge in [-0.15, -0.1) is 0 Å². The van der Waals surface area contributed by atoms with Gasteiger partial charge in [-0.1, -0.05) is 32.1 Å². The molecule has 0 radical (unpaired) electrons. The van der Waals surface area contributed by atoms with E-state index in [2.05, 4.69) is 0 Å². The molecule has 0 saturated heterocycles. The Morgan fingerprint density at radius 1 is 0.208 bits per heavy atom. The fraction of sp³-hybridized carbons (Fsp3) is 1.00. The molecule has 0 spiro atoms. The molecule has 0 atom stereocenters. The van der Waals surface area contributed by atoms with Crippen molar-refractivity contribution in [3.05, 3.63) is 0 Å². The predicted octanol–water partition coefficient (Wildman–Crippen LogP) is 1.59. The second-order valence-corrected chi connectivity index (χ2v) is 5.58. The van der Waals surface area contributed by atoms with Gasteiger partial charge in [0.2, 0.25) is 0 Å². The first kappa shape index (κ1) is 28.6. The van der Waals surface area contributed by atoms with E-state index in [4.69, 9.17) is 30.6 Å². The summed E-state index contributed by atoms with van der Waals surface area (Å²) in [6, 6.07) is 0. The summed E-state index contributed by atoms with van der Waals surface area (Å²) in [4.78, 5) is 0. The number of hydrogen-bond donors (Lipinski definition) is 6. The summed E-state index contributed by atoms with van der Waals surface area (Å²) in [5.74, 6) is 0. The van der Waals surface area contributed by atoms with Crippen LogP contribution in [-0.2, 0) is 0 Å². The van der Waals surface area contributed by atoms with E-state index in [-0.39, 0.29) is 26.4 Å². The van der Waals surface area contributed by atoms with Crippen LogP contribution in [0.2, 0.25) is 0 Å². The standard InChI is InChI=1S/C7H16O2.C6H14O2.C5H12O2/c8-6-4-2-1-3-5-7-9;7-5-3-1-2-4-6-8;6-4-2-1-3-5-7/h8-9H,1-7H2;7-8H,1-6H2;6-7H,1-5H2. The summed E-state index contributed by atoms with van der Waals surface area (Å²) in [5, 5.41) is 49.8. The van der Waals surface area contributed by atoms with Crippen molar-refractivity contribution in [1.29, 1.82) is 0 Å². The highest BCUT2D eigenvalue weighted by atomic mass is 16.3. The zero-order chi connectivity index (χ0) is 18.7. The summed E-state index contributed by atoms with van der Waals surface area (Å²) >= 11 is 0. The Labute approximate surface area is 148 Å². The summed E-state index contributed by atoms with van der Waals surface area (Å²) in [6.07, 6.45) is 11.5. The largest absolute Gasteiger partial charge is 0.396 e. The lowest BCUT2D eigenvalue weighted by Gasteiger charge is -1.95. The molecule has 0 aliphatic rings. The fourth-order valence-electron chi connectivity index (χ4n) is 1.73. The minimum atomic E-state index is 0.250. The van der Waals surface area contributed by atoms with Crippen molar-refractivity contribution in [2.45, 2.75) is 77.0 Å². The third kappa shape index (κ3) is 43.0. The van der Waals surface area contributed by atoms with Crippen LogP contribution in [0.5, 0.6) is 0 Å². The maximum Gasteiger partial charge on any atom is 0.0431 e. The quantitative estimate of drug-likeness (QED) is 0.248. The van der Waals surface area contributed by atoms with Crippen molar-refractivity contribution >= 4 is 0 Å². The van der Waals surface area contributed by atoms with Crippen LogP contribution in [0.3, 0.4) is 0 Å². The second-order valence-electron chi connectivity index (χ2n) is 5.58. The Balaban J connectivity index is -0.000000278. The molecule has 0 unspecified atom stereocenters. The molecule has 0 aromatic rings. The first-order valence-electron chi connectivity index (χ1n) is 9.40. The van der Waals surface area contributed by atoms with Crippen LogP contribution in [0.4, 0.5) is 0 Å². The number of rotatable bonds is 15. The van der Waals surface area contributed by atoms with Gasteiger partial charge in [0, 0.05) is 39.6 Å². The van der Waals surface area contributed by atoms with Crippen LogP contribution in [0.25, 0.3) is 0 Å². The number of hydrogen-bond acceptors (Lipinski definition) is 6. The van der Waals surface area contributed by atoms with Crippen molar-refractivity contribution in [1.82, 2.24) is 0 Å². The molecule has 6 nitrogen and oxygen atoms in total. The maximum atomic E-state index is 8.37. The van der Waals surface area contributed by atoms with Gasteiger partial charge in [0.25, 0.3) is 0 Å². The van der Waals surface area contributed by atoms with E-state index in [0.29, 0.717) is 13.2 Å². The highest BCUT2D eigenvalue weighted by Crippen LogP contribution is 2.00. The van der Waals surface area contributed by atoms with Crippen LogP contribution >= 0.6 is 0 Å². The molecule has 6 N–H and O–H groups in total. The van der Waals surface area contributed by atoms with E-state index in [1.165, 1.54) is 0 Å². The molecule has 0 amide bonds. The molecule has 0 aliphatic heterocycles. The zero-order valence-corrected chi connectivity index (χ0v) is 15.4. The van der Waals surface area contributed by atoms with Crippen LogP contribution < -0.4 is 0 Å². The molecule has 0 saturated carbocycles. The third-order valence-corrected chi connectivity index (χ3v) is 3.20. The fourth-order valence-corrected chi connectivity index (χ4v) is 1.73. The molecule has 0 heterocycles. The Kier molecular flexibility index (Phi) is 40.7. The third-order valence-electron chi connectivity index (χ3n) is 3.20. The van der Waals surface area contributed by atoms with E-state index < -0.39 is 0 Å². The topological polar surface area (TPSA) is 121 Å². The van der Waals surface area contributed by atoms with Gasteiger partial charge in [0.05, 0.1) is 0 Å². The predicted molar refractivity (Wildman–Crippen MR) is 97.9 cm³/mol. The molecule has 0 bridgehead atoms. The SMILES string of the molecule is OCCCCCCCO.OCCCCCCO.OCCCCCO. The number of aliphatic hydroxyl groups is 6. The van der Waals surface area contributed by atoms with Crippen molar-refractivity contribution in [2.75, 3.05) is 39.6 Å². The maximum absolute atomic E-state index is 8.37. The molecule has 0 rings (SSSR count). The lowest BCUT2D eigenvalue weighted by Crippen LogP contribution is -1.85. The number of unbranched alkanes of at least 4 members (excludes halogenated alkanes) is 9. The lowest BCUT2D eigenvalue weighted by molar-refractivity contribution is 0.257. The highest BCUT2D eigenvalue weighted by Gasteiger charge is 1.87. The highest BCUT2D eigenvalue weighted by molar-refractivity contribution is 4.41. The Morgan fingerprint density at radius 3 is 0.500 bits per heavy atom. The summed E-state index contributed by atoms with van der Waals surface area (Å²) < 4.78 is 0. The Bertz CT molecular complexity index is 154. The average molecular weight is 355 g/mol. The van der Waals surface area contributed by atoms with Crippen molar-refractivity contribution in [3.8, 4) is 0 Å². The molecule has 0 aliphatic carbocycles. The molecule has 150 valence electrons. The smallest absolute Gasteiger partial charge is 0.0431 e. The first-order chi connectivity index (χ1) is 11.7. The van der Waals surface area contributed by atoms with Crippen LogP contribution in [-0.4, -0.2) is 70.3 Å². The van der Waals surface area contributed by atoms with Gasteiger partial charge in [0.1, 0.15) is 0 Å². The van der Waals surface area contributed by atoms with E-state index in [9.17, 15) is 0 Å². The van der Waals surface area contributed by atoms with E-state index in [0.717, 1.165) is 77.0 Å². The minimum absolute atomic E-state index is 0.250. The zero-order valence-electron chi connectivity index (χ0n) is 15.4. The van der Waals surface area contributed by atoms with Gasteiger partial charge in [-0.3, -0.25) is 0 Å². The van der Waals surface area contributed by atoms with E-state index in [1.807, 2.05) is 0 Å². The van der Waals surface area contributed by atoms with Crippen molar-refractivity contribution in [2.24, 2.45) is 0 Å². The van der Waals surface area contributed by atoms with Crippen molar-refractivity contribution < 1.29 is 30.6 Å². The van der Waals surface area contributed by atoms with Gasteiger partial charge in [-0.25, -0.2) is 0 Å². The van der Waals surface area contributed by atoms with Gasteiger partial charge in [-0.05, 0) is 44.9 Å². The molecule has 0 aromatic heterocycles. The number of aliphatic hydroxyl groups excluding tert-OH is 6. The summed E-state index contributed by atoms with van der Waals surface area (Å²) in [7, 11) is 0. The lowest BCUT2D eigenvalue weighted by atomic mass is 10.2. The first-order valence-corrected chi connectivity index (χ1v) is 9.40. The molecule has 6 heteroatoms. The monoisotopic (exact) mass is 354 g/mol. The van der Waals surface area contributed by atoms with E-state index in [1.54, 1.807) is 0 Å². The van der Waals surface area contributed by atoms with Gasteiger partial charge in [0.15, 0.2) is 0 Å². The Morgan fingerprint density at radius 2 is 0.333 bits per heavy atom. The van der Waals surface area contributed by atoms with Crippen LogP contribution in [0.15, 0.2) is 0 Å². The average Bonchev–Trinajstić information content (AvgIpc) is 2.60. The Hall–Kier alpha value is -0.240. The van der Waals surface area contributed by atoms with Crippen LogP contribution in [0, 0.1) is 0 Å². The second kappa shape index (κ2) is 34.2. The van der Waals surface area contributed by atoms with Gasteiger partial charge in [-0.2, -0.15) is 0 Å².